The molecule has 0 saturated carbocycles. The van der Waals surface area contributed by atoms with Gasteiger partial charge in [-0.1, -0.05) is 6.07 Å². The summed E-state index contributed by atoms with van der Waals surface area (Å²) in [4.78, 5) is 30.5. The van der Waals surface area contributed by atoms with Crippen molar-refractivity contribution in [1.29, 1.82) is 0 Å². The van der Waals surface area contributed by atoms with Gasteiger partial charge in [-0.05, 0) is 52.0 Å². The molecule has 0 aliphatic carbocycles. The molecule has 11 heteroatoms. The molecule has 3 aromatic rings. The predicted octanol–water partition coefficient (Wildman–Crippen LogP) is 5.52. The third-order valence-electron chi connectivity index (χ3n) is 5.02. The van der Waals surface area contributed by atoms with Gasteiger partial charge < -0.3 is 5.11 Å². The van der Waals surface area contributed by atoms with Gasteiger partial charge in [-0.3, -0.25) is 14.3 Å². The highest BCUT2D eigenvalue weighted by molar-refractivity contribution is 5.82. The maximum atomic E-state index is 14.0. The Kier molecular flexibility index (Phi) is 5.95. The number of aromatic nitrogens is 2. The molecule has 0 unspecified atom stereocenters. The molecule has 176 valence electrons. The number of carboxylic acid groups (broad SMARTS) is 1. The molecule has 6 nitrogen and oxygen atoms in total. The SMILES string of the molecule is C[C@@H](c1nc2cccc(C(F)(F)F)c2c(=O)n1-c1cc(F)cc(F)c1)N(C(=O)O)C(C)(C)C. The van der Waals surface area contributed by atoms with Crippen LogP contribution >= 0.6 is 0 Å². The van der Waals surface area contributed by atoms with Gasteiger partial charge in [0.05, 0.1) is 28.2 Å². The minimum absolute atomic E-state index is 0.297. The Balaban J connectivity index is 2.50. The average molecular weight is 469 g/mol. The van der Waals surface area contributed by atoms with Crippen molar-refractivity contribution in [2.24, 2.45) is 0 Å². The first kappa shape index (κ1) is 24.1. The number of hydrogen-bond acceptors (Lipinski definition) is 3. The third kappa shape index (κ3) is 4.53. The third-order valence-corrected chi connectivity index (χ3v) is 5.02. The highest BCUT2D eigenvalue weighted by Gasteiger charge is 2.37. The molecule has 1 N–H and O–H groups in total. The number of carbonyl (C=O) groups is 1. The average Bonchev–Trinajstić information content (AvgIpc) is 2.64. The first-order valence-electron chi connectivity index (χ1n) is 9.74. The molecule has 0 fully saturated rings. The van der Waals surface area contributed by atoms with Crippen molar-refractivity contribution in [2.75, 3.05) is 0 Å². The molecule has 0 aliphatic rings. The summed E-state index contributed by atoms with van der Waals surface area (Å²) in [6.07, 6.45) is -6.29. The van der Waals surface area contributed by atoms with Crippen LogP contribution in [0.3, 0.4) is 0 Å². The van der Waals surface area contributed by atoms with Gasteiger partial charge in [0, 0.05) is 11.6 Å². The second kappa shape index (κ2) is 8.13. The topological polar surface area (TPSA) is 75.4 Å². The molecule has 2 aromatic carbocycles. The number of amides is 1. The number of nitrogens with zero attached hydrogens (tertiary/aromatic N) is 3. The lowest BCUT2D eigenvalue weighted by Crippen LogP contribution is -2.47. The molecular weight excluding hydrogens is 449 g/mol. The lowest BCUT2D eigenvalue weighted by atomic mass is 10.0. The molecule has 1 amide bonds. The van der Waals surface area contributed by atoms with Gasteiger partial charge in [0.1, 0.15) is 17.5 Å². The summed E-state index contributed by atoms with van der Waals surface area (Å²) in [5.74, 6) is -2.45. The Morgan fingerprint density at radius 3 is 2.15 bits per heavy atom. The van der Waals surface area contributed by atoms with E-state index in [1.165, 1.54) is 13.0 Å². The van der Waals surface area contributed by atoms with Crippen LogP contribution < -0.4 is 5.56 Å². The fourth-order valence-corrected chi connectivity index (χ4v) is 3.83. The Hall–Kier alpha value is -3.50. The first-order chi connectivity index (χ1) is 15.1. The van der Waals surface area contributed by atoms with Gasteiger partial charge in [0.2, 0.25) is 0 Å². The second-order valence-electron chi connectivity index (χ2n) is 8.44. The highest BCUT2D eigenvalue weighted by atomic mass is 19.4. The predicted molar refractivity (Wildman–Crippen MR) is 110 cm³/mol. The number of hydrogen-bond donors (Lipinski definition) is 1. The molecular formula is C22H20F5N3O3. The van der Waals surface area contributed by atoms with Crippen LogP contribution in [0.25, 0.3) is 16.6 Å². The Morgan fingerprint density at radius 1 is 1.09 bits per heavy atom. The summed E-state index contributed by atoms with van der Waals surface area (Å²) in [6, 6.07) is 3.81. The fraction of sp³-hybridized carbons (Fsp3) is 0.318. The van der Waals surface area contributed by atoms with Crippen LogP contribution in [0.4, 0.5) is 26.7 Å². The van der Waals surface area contributed by atoms with Crippen molar-refractivity contribution in [3.63, 3.8) is 0 Å². The molecule has 0 radical (unpaired) electrons. The summed E-state index contributed by atoms with van der Waals surface area (Å²) in [7, 11) is 0. The van der Waals surface area contributed by atoms with Crippen molar-refractivity contribution in [1.82, 2.24) is 14.5 Å². The second-order valence-corrected chi connectivity index (χ2v) is 8.44. The van der Waals surface area contributed by atoms with Crippen LogP contribution in [0, 0.1) is 11.6 Å². The van der Waals surface area contributed by atoms with Gasteiger partial charge in [-0.25, -0.2) is 18.6 Å². The first-order valence-corrected chi connectivity index (χ1v) is 9.74. The summed E-state index contributed by atoms with van der Waals surface area (Å²) < 4.78 is 69.5. The standard InChI is InChI=1S/C22H20F5N3O3/c1-11(30(20(32)33)21(2,3)4)18-28-16-7-5-6-15(22(25,26)27)17(16)19(31)29(18)14-9-12(23)8-13(24)10-14/h5-11H,1-4H3,(H,32,33)/t11-/m0/s1. The van der Waals surface area contributed by atoms with Crippen LogP contribution in [-0.4, -0.2) is 31.2 Å². The van der Waals surface area contributed by atoms with Crippen LogP contribution in [0.2, 0.25) is 0 Å². The van der Waals surface area contributed by atoms with Gasteiger partial charge in [-0.2, -0.15) is 13.2 Å². The molecule has 3 rings (SSSR count). The number of rotatable bonds is 3. The van der Waals surface area contributed by atoms with Gasteiger partial charge in [0.25, 0.3) is 5.56 Å². The Bertz CT molecular complexity index is 1280. The molecule has 1 atom stereocenters. The van der Waals surface area contributed by atoms with E-state index in [1.807, 2.05) is 0 Å². The van der Waals surface area contributed by atoms with E-state index >= 15 is 0 Å². The highest BCUT2D eigenvalue weighted by Crippen LogP contribution is 2.35. The van der Waals surface area contributed by atoms with E-state index in [0.29, 0.717) is 16.7 Å². The van der Waals surface area contributed by atoms with Gasteiger partial charge in [0.15, 0.2) is 0 Å². The van der Waals surface area contributed by atoms with Crippen LogP contribution in [0.15, 0.2) is 41.2 Å². The molecule has 0 bridgehead atoms. The molecule has 1 heterocycles. The molecule has 0 saturated heterocycles. The van der Waals surface area contributed by atoms with E-state index in [9.17, 15) is 36.6 Å². The zero-order valence-corrected chi connectivity index (χ0v) is 18.0. The Labute approximate surface area is 184 Å². The van der Waals surface area contributed by atoms with Gasteiger partial charge >= 0.3 is 12.3 Å². The molecule has 33 heavy (non-hydrogen) atoms. The Morgan fingerprint density at radius 2 is 1.67 bits per heavy atom. The number of halogens is 5. The smallest absolute Gasteiger partial charge is 0.417 e. The van der Waals surface area contributed by atoms with E-state index in [2.05, 4.69) is 4.98 Å². The van der Waals surface area contributed by atoms with E-state index in [1.54, 1.807) is 20.8 Å². The van der Waals surface area contributed by atoms with Gasteiger partial charge in [-0.15, -0.1) is 0 Å². The molecule has 0 aliphatic heterocycles. The van der Waals surface area contributed by atoms with Crippen molar-refractivity contribution < 1.29 is 31.9 Å². The normalized spacial score (nSPS) is 13.2. The molecule has 0 spiro atoms. The summed E-state index contributed by atoms with van der Waals surface area (Å²) in [5.41, 5.74) is -4.27. The monoisotopic (exact) mass is 469 g/mol. The molecule has 1 aromatic heterocycles. The minimum Gasteiger partial charge on any atom is -0.465 e. The van der Waals surface area contributed by atoms with Crippen LogP contribution in [-0.2, 0) is 6.18 Å². The zero-order valence-electron chi connectivity index (χ0n) is 18.0. The van der Waals surface area contributed by atoms with Crippen molar-refractivity contribution in [3.8, 4) is 5.69 Å². The minimum atomic E-state index is -4.91. The number of benzene rings is 2. The van der Waals surface area contributed by atoms with Crippen molar-refractivity contribution in [3.05, 3.63) is 69.8 Å². The van der Waals surface area contributed by atoms with E-state index in [0.717, 1.165) is 23.1 Å². The van der Waals surface area contributed by atoms with E-state index < -0.39 is 57.7 Å². The summed E-state index contributed by atoms with van der Waals surface area (Å²) in [5, 5.41) is 8.96. The quantitative estimate of drug-likeness (QED) is 0.513. The number of alkyl halides is 3. The maximum absolute atomic E-state index is 14.0. The zero-order chi connectivity index (χ0) is 24.9. The number of fused-ring (bicyclic) bond motifs is 1. The lowest BCUT2D eigenvalue weighted by molar-refractivity contribution is -0.136. The van der Waals surface area contributed by atoms with Crippen LogP contribution in [0.1, 0.15) is 45.1 Å². The van der Waals surface area contributed by atoms with Crippen molar-refractivity contribution >= 4 is 17.0 Å². The summed E-state index contributed by atoms with van der Waals surface area (Å²) >= 11 is 0. The fourth-order valence-electron chi connectivity index (χ4n) is 3.83. The lowest BCUT2D eigenvalue weighted by Gasteiger charge is -2.38. The largest absolute Gasteiger partial charge is 0.465 e. The van der Waals surface area contributed by atoms with Crippen LogP contribution in [0.5, 0.6) is 0 Å². The summed E-state index contributed by atoms with van der Waals surface area (Å²) in [6.45, 7) is 6.10. The maximum Gasteiger partial charge on any atom is 0.417 e. The van der Waals surface area contributed by atoms with E-state index in [4.69, 9.17) is 0 Å². The van der Waals surface area contributed by atoms with E-state index in [-0.39, 0.29) is 11.3 Å². The van der Waals surface area contributed by atoms with Crippen molar-refractivity contribution in [2.45, 2.75) is 45.5 Å².